The van der Waals surface area contributed by atoms with Gasteiger partial charge in [0.05, 0.1) is 20.1 Å². The molecule has 0 radical (unpaired) electrons. The smallest absolute Gasteiger partial charge is 0.304 e. The molecule has 1 aromatic carbocycles. The Bertz CT molecular complexity index is 449. The molecule has 1 aromatic rings. The Hall–Kier alpha value is -1.55. The SMILES string of the molecule is COCc1cccc(OC)c1C1(CC(=O)O)CC1. The summed E-state index contributed by atoms with van der Waals surface area (Å²) in [5.74, 6) is 0.00470. The molecule has 0 aromatic heterocycles. The molecule has 0 unspecified atom stereocenters. The Morgan fingerprint density at radius 3 is 2.61 bits per heavy atom. The minimum absolute atomic E-state index is 0.157. The summed E-state index contributed by atoms with van der Waals surface area (Å²) in [6.07, 6.45) is 1.96. The molecule has 0 spiro atoms. The molecule has 0 heterocycles. The first-order valence-electron chi connectivity index (χ1n) is 6.00. The molecule has 0 amide bonds. The Balaban J connectivity index is 2.43. The van der Waals surface area contributed by atoms with Crippen molar-refractivity contribution in [3.8, 4) is 5.75 Å². The third-order valence-corrected chi connectivity index (χ3v) is 3.51. The normalized spacial score (nSPS) is 16.3. The quantitative estimate of drug-likeness (QED) is 0.842. The van der Waals surface area contributed by atoms with Gasteiger partial charge in [-0.05, 0) is 24.5 Å². The largest absolute Gasteiger partial charge is 0.496 e. The molecule has 0 atom stereocenters. The van der Waals surface area contributed by atoms with Gasteiger partial charge in [-0.1, -0.05) is 12.1 Å². The second-order valence-electron chi connectivity index (χ2n) is 4.78. The molecule has 18 heavy (non-hydrogen) atoms. The number of carboxylic acids is 1. The lowest BCUT2D eigenvalue weighted by Gasteiger charge is -2.20. The van der Waals surface area contributed by atoms with Crippen LogP contribution in [-0.4, -0.2) is 25.3 Å². The minimum Gasteiger partial charge on any atom is -0.496 e. The highest BCUT2D eigenvalue weighted by atomic mass is 16.5. The highest BCUT2D eigenvalue weighted by Crippen LogP contribution is 2.55. The van der Waals surface area contributed by atoms with Gasteiger partial charge in [0, 0.05) is 18.1 Å². The Morgan fingerprint density at radius 2 is 2.11 bits per heavy atom. The summed E-state index contributed by atoms with van der Waals surface area (Å²) in [7, 11) is 3.26. The number of rotatable bonds is 6. The standard InChI is InChI=1S/C14H18O4/c1-17-9-10-4-3-5-11(18-2)13(10)14(6-7-14)8-12(15)16/h3-5H,6-9H2,1-2H3,(H,15,16). The van der Waals surface area contributed by atoms with Gasteiger partial charge < -0.3 is 14.6 Å². The molecule has 0 aliphatic heterocycles. The van der Waals surface area contributed by atoms with E-state index in [1.807, 2.05) is 18.2 Å². The number of hydrogen-bond donors (Lipinski definition) is 1. The molecule has 1 aliphatic rings. The maximum atomic E-state index is 11.0. The fraction of sp³-hybridized carbons (Fsp3) is 0.500. The van der Waals surface area contributed by atoms with E-state index in [1.165, 1.54) is 0 Å². The van der Waals surface area contributed by atoms with E-state index in [0.717, 1.165) is 29.7 Å². The van der Waals surface area contributed by atoms with Crippen LogP contribution in [0.3, 0.4) is 0 Å². The summed E-state index contributed by atoms with van der Waals surface area (Å²) in [5.41, 5.74) is 1.78. The van der Waals surface area contributed by atoms with Crippen LogP contribution < -0.4 is 4.74 Å². The van der Waals surface area contributed by atoms with Gasteiger partial charge in [-0.15, -0.1) is 0 Å². The summed E-state index contributed by atoms with van der Waals surface area (Å²) in [4.78, 5) is 11.0. The lowest BCUT2D eigenvalue weighted by molar-refractivity contribution is -0.137. The highest BCUT2D eigenvalue weighted by molar-refractivity contribution is 5.71. The van der Waals surface area contributed by atoms with Crippen LogP contribution in [0.2, 0.25) is 0 Å². The van der Waals surface area contributed by atoms with E-state index in [4.69, 9.17) is 14.6 Å². The Morgan fingerprint density at radius 1 is 1.39 bits per heavy atom. The van der Waals surface area contributed by atoms with Gasteiger partial charge in [0.2, 0.25) is 0 Å². The average molecular weight is 250 g/mol. The van der Waals surface area contributed by atoms with Crippen LogP contribution in [0.4, 0.5) is 0 Å². The van der Waals surface area contributed by atoms with Crippen LogP contribution in [0.5, 0.6) is 5.75 Å². The first kappa shape index (κ1) is 12.9. The van der Waals surface area contributed by atoms with Gasteiger partial charge in [-0.25, -0.2) is 0 Å². The molecule has 1 saturated carbocycles. The number of benzene rings is 1. The third-order valence-electron chi connectivity index (χ3n) is 3.51. The fourth-order valence-corrected chi connectivity index (χ4v) is 2.58. The second-order valence-corrected chi connectivity index (χ2v) is 4.78. The Kier molecular flexibility index (Phi) is 3.57. The van der Waals surface area contributed by atoms with Gasteiger partial charge in [-0.3, -0.25) is 4.79 Å². The van der Waals surface area contributed by atoms with Crippen molar-refractivity contribution >= 4 is 5.97 Å². The van der Waals surface area contributed by atoms with Crippen molar-refractivity contribution in [2.45, 2.75) is 31.3 Å². The zero-order valence-corrected chi connectivity index (χ0v) is 10.7. The topological polar surface area (TPSA) is 55.8 Å². The van der Waals surface area contributed by atoms with Crippen LogP contribution in [0.1, 0.15) is 30.4 Å². The maximum Gasteiger partial charge on any atom is 0.304 e. The van der Waals surface area contributed by atoms with Gasteiger partial charge in [0.1, 0.15) is 5.75 Å². The van der Waals surface area contributed by atoms with Gasteiger partial charge in [-0.2, -0.15) is 0 Å². The lowest BCUT2D eigenvalue weighted by atomic mass is 9.88. The van der Waals surface area contributed by atoms with E-state index in [-0.39, 0.29) is 11.8 Å². The number of carbonyl (C=O) groups is 1. The molecule has 98 valence electrons. The van der Waals surface area contributed by atoms with E-state index in [9.17, 15) is 4.79 Å². The van der Waals surface area contributed by atoms with Gasteiger partial charge in [0.15, 0.2) is 0 Å². The summed E-state index contributed by atoms with van der Waals surface area (Å²) in [6.45, 7) is 0.480. The van der Waals surface area contributed by atoms with Crippen molar-refractivity contribution in [2.24, 2.45) is 0 Å². The molecular weight excluding hydrogens is 232 g/mol. The fourth-order valence-electron chi connectivity index (χ4n) is 2.58. The van der Waals surface area contributed by atoms with E-state index >= 15 is 0 Å². The van der Waals surface area contributed by atoms with Crippen molar-refractivity contribution in [1.82, 2.24) is 0 Å². The van der Waals surface area contributed by atoms with E-state index in [1.54, 1.807) is 14.2 Å². The highest BCUT2D eigenvalue weighted by Gasteiger charge is 2.48. The molecular formula is C14H18O4. The van der Waals surface area contributed by atoms with Crippen molar-refractivity contribution in [2.75, 3.05) is 14.2 Å². The molecule has 0 saturated heterocycles. The van der Waals surface area contributed by atoms with Crippen LogP contribution >= 0.6 is 0 Å². The van der Waals surface area contributed by atoms with Crippen LogP contribution in [0.25, 0.3) is 0 Å². The van der Waals surface area contributed by atoms with Gasteiger partial charge >= 0.3 is 5.97 Å². The molecule has 1 aliphatic carbocycles. The molecule has 0 bridgehead atoms. The first-order valence-corrected chi connectivity index (χ1v) is 6.00. The van der Waals surface area contributed by atoms with Crippen molar-refractivity contribution < 1.29 is 19.4 Å². The number of methoxy groups -OCH3 is 2. The number of ether oxygens (including phenoxy) is 2. The van der Waals surface area contributed by atoms with Crippen molar-refractivity contribution in [1.29, 1.82) is 0 Å². The summed E-state index contributed by atoms with van der Waals surface area (Å²) < 4.78 is 10.6. The Labute approximate surface area is 107 Å². The van der Waals surface area contributed by atoms with Crippen molar-refractivity contribution in [3.05, 3.63) is 29.3 Å². The van der Waals surface area contributed by atoms with Crippen LogP contribution in [0, 0.1) is 0 Å². The van der Waals surface area contributed by atoms with Crippen LogP contribution in [0.15, 0.2) is 18.2 Å². The monoisotopic (exact) mass is 250 g/mol. The number of hydrogen-bond acceptors (Lipinski definition) is 3. The van der Waals surface area contributed by atoms with Gasteiger partial charge in [0.25, 0.3) is 0 Å². The lowest BCUT2D eigenvalue weighted by Crippen LogP contribution is -2.16. The zero-order valence-electron chi connectivity index (χ0n) is 10.7. The molecule has 1 fully saturated rings. The summed E-state index contributed by atoms with van der Waals surface area (Å²) >= 11 is 0. The predicted octanol–water partition coefficient (Wildman–Crippen LogP) is 2.35. The molecule has 4 nitrogen and oxygen atoms in total. The zero-order chi connectivity index (χ0) is 13.2. The molecule has 2 rings (SSSR count). The number of aliphatic carboxylic acids is 1. The number of carboxylic acid groups (broad SMARTS) is 1. The van der Waals surface area contributed by atoms with E-state index < -0.39 is 5.97 Å². The summed E-state index contributed by atoms with van der Waals surface area (Å²) in [6, 6.07) is 5.77. The maximum absolute atomic E-state index is 11.0. The van der Waals surface area contributed by atoms with Crippen molar-refractivity contribution in [3.63, 3.8) is 0 Å². The van der Waals surface area contributed by atoms with E-state index in [2.05, 4.69) is 0 Å². The third kappa shape index (κ3) is 2.34. The molecule has 1 N–H and O–H groups in total. The predicted molar refractivity (Wildman–Crippen MR) is 66.9 cm³/mol. The molecule has 4 heteroatoms. The first-order chi connectivity index (χ1) is 8.63. The second kappa shape index (κ2) is 4.98. The summed E-state index contributed by atoms with van der Waals surface area (Å²) in [5, 5.41) is 9.06. The van der Waals surface area contributed by atoms with E-state index in [0.29, 0.717) is 6.61 Å². The average Bonchev–Trinajstić information content (AvgIpc) is 3.08. The van der Waals surface area contributed by atoms with Crippen LogP contribution in [-0.2, 0) is 21.6 Å². The minimum atomic E-state index is -0.762.